The van der Waals surface area contributed by atoms with Gasteiger partial charge in [0, 0.05) is 24.0 Å². The average Bonchev–Trinajstić information content (AvgIpc) is 3.12. The number of nitrogens with zero attached hydrogens (tertiary/aromatic N) is 3. The number of aryl methyl sites for hydroxylation is 2. The fourth-order valence-corrected chi connectivity index (χ4v) is 3.12. The molecule has 1 fully saturated rings. The first-order valence-electron chi connectivity index (χ1n) is 7.81. The molecule has 3 heterocycles. The van der Waals surface area contributed by atoms with Crippen molar-refractivity contribution in [2.75, 3.05) is 19.8 Å². The van der Waals surface area contributed by atoms with Gasteiger partial charge in [0.1, 0.15) is 17.4 Å². The van der Waals surface area contributed by atoms with E-state index in [1.807, 2.05) is 32.0 Å². The normalized spacial score (nSPS) is 19.5. The minimum absolute atomic E-state index is 0.0157. The lowest BCUT2D eigenvalue weighted by Crippen LogP contribution is -2.39. The van der Waals surface area contributed by atoms with Crippen molar-refractivity contribution in [3.63, 3.8) is 0 Å². The molecule has 0 spiro atoms. The minimum atomic E-state index is -0.0157. The zero-order chi connectivity index (χ0) is 15.8. The summed E-state index contributed by atoms with van der Waals surface area (Å²) in [5.41, 5.74) is 2.14. The van der Waals surface area contributed by atoms with Gasteiger partial charge >= 0.3 is 0 Å². The molecule has 6 heteroatoms. The molecular formula is C17H19N3O3. The van der Waals surface area contributed by atoms with Gasteiger partial charge in [-0.25, -0.2) is 0 Å². The Hall–Kier alpha value is -2.18. The van der Waals surface area contributed by atoms with Crippen LogP contribution >= 0.6 is 0 Å². The Kier molecular flexibility index (Phi) is 3.63. The summed E-state index contributed by atoms with van der Waals surface area (Å²) < 4.78 is 16.9. The number of para-hydroxylation sites is 1. The highest BCUT2D eigenvalue weighted by Gasteiger charge is 2.30. The fourth-order valence-electron chi connectivity index (χ4n) is 3.12. The molecule has 1 saturated heterocycles. The maximum absolute atomic E-state index is 5.88. The largest absolute Gasteiger partial charge is 0.461 e. The highest BCUT2D eigenvalue weighted by Crippen LogP contribution is 2.30. The molecular weight excluding hydrogens is 294 g/mol. The number of benzene rings is 1. The van der Waals surface area contributed by atoms with E-state index < -0.39 is 0 Å². The molecule has 1 aromatic carbocycles. The molecule has 0 bridgehead atoms. The fraction of sp³-hybridized carbons (Fsp3) is 0.412. The topological polar surface area (TPSA) is 64.5 Å². The van der Waals surface area contributed by atoms with E-state index >= 15 is 0 Å². The van der Waals surface area contributed by atoms with E-state index in [4.69, 9.17) is 13.7 Å². The van der Waals surface area contributed by atoms with Crippen LogP contribution in [0.1, 0.15) is 29.1 Å². The van der Waals surface area contributed by atoms with Crippen molar-refractivity contribution in [3.05, 3.63) is 47.3 Å². The number of rotatable bonds is 3. The van der Waals surface area contributed by atoms with Crippen LogP contribution in [0.25, 0.3) is 11.0 Å². The van der Waals surface area contributed by atoms with Crippen molar-refractivity contribution in [3.8, 4) is 0 Å². The van der Waals surface area contributed by atoms with Crippen LogP contribution in [-0.2, 0) is 11.3 Å². The summed E-state index contributed by atoms with van der Waals surface area (Å²) in [6.45, 7) is 6.72. The second-order valence-corrected chi connectivity index (χ2v) is 5.87. The third kappa shape index (κ3) is 2.64. The first kappa shape index (κ1) is 14.4. The van der Waals surface area contributed by atoms with E-state index in [1.54, 1.807) is 0 Å². The minimum Gasteiger partial charge on any atom is -0.461 e. The number of furan rings is 1. The van der Waals surface area contributed by atoms with Crippen LogP contribution in [0.4, 0.5) is 0 Å². The third-order valence-corrected chi connectivity index (χ3v) is 4.33. The average molecular weight is 313 g/mol. The van der Waals surface area contributed by atoms with Crippen molar-refractivity contribution in [1.29, 1.82) is 0 Å². The van der Waals surface area contributed by atoms with Gasteiger partial charge in [0.05, 0.1) is 13.2 Å². The Morgan fingerprint density at radius 1 is 1.26 bits per heavy atom. The predicted molar refractivity (Wildman–Crippen MR) is 84.0 cm³/mol. The van der Waals surface area contributed by atoms with Gasteiger partial charge in [-0.2, -0.15) is 4.98 Å². The molecule has 3 aromatic rings. The molecule has 4 rings (SSSR count). The maximum Gasteiger partial charge on any atom is 0.246 e. The van der Waals surface area contributed by atoms with Gasteiger partial charge in [-0.3, -0.25) is 4.90 Å². The standard InChI is InChI=1S/C17H19N3O3/c1-11-14(13-5-3-4-6-16(13)22-11)9-20-7-8-21-10-15(20)17-18-12(2)19-23-17/h3-6,15H,7-10H2,1-2H3. The first-order valence-corrected chi connectivity index (χ1v) is 7.81. The number of hydrogen-bond donors (Lipinski definition) is 0. The molecule has 0 N–H and O–H groups in total. The maximum atomic E-state index is 5.88. The molecule has 2 aromatic heterocycles. The Bertz CT molecular complexity index is 823. The van der Waals surface area contributed by atoms with Crippen molar-refractivity contribution >= 4 is 11.0 Å². The molecule has 23 heavy (non-hydrogen) atoms. The zero-order valence-corrected chi connectivity index (χ0v) is 13.3. The second-order valence-electron chi connectivity index (χ2n) is 5.87. The Balaban J connectivity index is 1.66. The van der Waals surface area contributed by atoms with Gasteiger partial charge in [-0.05, 0) is 19.9 Å². The highest BCUT2D eigenvalue weighted by atomic mass is 16.5. The van der Waals surface area contributed by atoms with Crippen LogP contribution < -0.4 is 0 Å². The molecule has 0 saturated carbocycles. The molecule has 1 aliphatic rings. The highest BCUT2D eigenvalue weighted by molar-refractivity contribution is 5.82. The molecule has 0 aliphatic carbocycles. The molecule has 0 amide bonds. The summed E-state index contributed by atoms with van der Waals surface area (Å²) in [5.74, 6) is 2.22. The van der Waals surface area contributed by atoms with E-state index in [9.17, 15) is 0 Å². The van der Waals surface area contributed by atoms with E-state index in [0.717, 1.165) is 29.8 Å². The number of morpholine rings is 1. The smallest absolute Gasteiger partial charge is 0.246 e. The monoisotopic (exact) mass is 313 g/mol. The molecule has 1 unspecified atom stereocenters. The van der Waals surface area contributed by atoms with Crippen LogP contribution in [-0.4, -0.2) is 34.8 Å². The zero-order valence-electron chi connectivity index (χ0n) is 13.3. The molecule has 1 atom stereocenters. The van der Waals surface area contributed by atoms with E-state index in [-0.39, 0.29) is 6.04 Å². The van der Waals surface area contributed by atoms with E-state index in [2.05, 4.69) is 21.1 Å². The van der Waals surface area contributed by atoms with Crippen LogP contribution in [0.15, 0.2) is 33.2 Å². The summed E-state index contributed by atoms with van der Waals surface area (Å²) in [6.07, 6.45) is 0. The van der Waals surface area contributed by atoms with Crippen molar-refractivity contribution in [2.45, 2.75) is 26.4 Å². The molecule has 6 nitrogen and oxygen atoms in total. The number of ether oxygens (including phenoxy) is 1. The quantitative estimate of drug-likeness (QED) is 0.740. The van der Waals surface area contributed by atoms with Crippen LogP contribution in [0.5, 0.6) is 0 Å². The van der Waals surface area contributed by atoms with Crippen molar-refractivity contribution < 1.29 is 13.7 Å². The van der Waals surface area contributed by atoms with E-state index in [1.165, 1.54) is 5.56 Å². The van der Waals surface area contributed by atoms with Gasteiger partial charge in [-0.15, -0.1) is 0 Å². The van der Waals surface area contributed by atoms with E-state index in [0.29, 0.717) is 24.9 Å². The predicted octanol–water partition coefficient (Wildman–Crippen LogP) is 3.01. The van der Waals surface area contributed by atoms with Gasteiger partial charge in [0.15, 0.2) is 5.82 Å². The van der Waals surface area contributed by atoms with Gasteiger partial charge < -0.3 is 13.7 Å². The van der Waals surface area contributed by atoms with Gasteiger partial charge in [0.25, 0.3) is 0 Å². The van der Waals surface area contributed by atoms with Crippen LogP contribution in [0, 0.1) is 13.8 Å². The summed E-state index contributed by atoms with van der Waals surface area (Å²) in [5, 5.41) is 5.07. The van der Waals surface area contributed by atoms with Crippen molar-refractivity contribution in [2.24, 2.45) is 0 Å². The number of fused-ring (bicyclic) bond motifs is 1. The summed E-state index contributed by atoms with van der Waals surface area (Å²) in [6, 6.07) is 8.13. The second kappa shape index (κ2) is 5.79. The first-order chi connectivity index (χ1) is 11.2. The SMILES string of the molecule is Cc1noc(C2COCCN2Cc2c(C)oc3ccccc23)n1. The lowest BCUT2D eigenvalue weighted by Gasteiger charge is -2.33. The third-order valence-electron chi connectivity index (χ3n) is 4.33. The lowest BCUT2D eigenvalue weighted by molar-refractivity contribution is -0.0241. The molecule has 1 aliphatic heterocycles. The van der Waals surface area contributed by atoms with Crippen molar-refractivity contribution in [1.82, 2.24) is 15.0 Å². The van der Waals surface area contributed by atoms with Crippen LogP contribution in [0.2, 0.25) is 0 Å². The number of aromatic nitrogens is 2. The Morgan fingerprint density at radius 3 is 2.96 bits per heavy atom. The Morgan fingerprint density at radius 2 is 2.13 bits per heavy atom. The molecule has 120 valence electrons. The Labute approximate surface area is 134 Å². The summed E-state index contributed by atoms with van der Waals surface area (Å²) in [4.78, 5) is 6.70. The van der Waals surface area contributed by atoms with Gasteiger partial charge in [-0.1, -0.05) is 23.4 Å². The lowest BCUT2D eigenvalue weighted by atomic mass is 10.1. The van der Waals surface area contributed by atoms with Crippen LogP contribution in [0.3, 0.4) is 0 Å². The molecule has 0 radical (unpaired) electrons. The van der Waals surface area contributed by atoms with Gasteiger partial charge in [0.2, 0.25) is 5.89 Å². The summed E-state index contributed by atoms with van der Waals surface area (Å²) in [7, 11) is 0. The number of hydrogen-bond acceptors (Lipinski definition) is 6. The summed E-state index contributed by atoms with van der Waals surface area (Å²) >= 11 is 0.